The number of nitrogens with one attached hydrogen (secondary N) is 1. The zero-order chi connectivity index (χ0) is 16.9. The number of carbonyl (C=O) groups excluding carboxylic acids is 1. The fourth-order valence-electron chi connectivity index (χ4n) is 2.81. The number of unbranched alkanes of at least 4 members (excludes halogenated alkanes) is 1. The SMILES string of the molecule is CCCCOC(C)C(=O)NC1c2ccccc2Oc2ccccc21. The van der Waals surface area contributed by atoms with Crippen LogP contribution in [0.5, 0.6) is 11.5 Å². The fourth-order valence-corrected chi connectivity index (χ4v) is 2.81. The lowest BCUT2D eigenvalue weighted by atomic mass is 9.94. The van der Waals surface area contributed by atoms with E-state index in [1.807, 2.05) is 48.5 Å². The van der Waals surface area contributed by atoms with E-state index in [0.717, 1.165) is 35.5 Å². The van der Waals surface area contributed by atoms with Crippen LogP contribution in [0, 0.1) is 0 Å². The standard InChI is InChI=1S/C20H23NO3/c1-3-4-13-23-14(2)20(22)21-19-15-9-5-7-11-17(15)24-18-12-8-6-10-16(18)19/h5-12,14,19H,3-4,13H2,1-2H3,(H,21,22). The molecule has 24 heavy (non-hydrogen) atoms. The van der Waals surface area contributed by atoms with Gasteiger partial charge in [-0.15, -0.1) is 0 Å². The van der Waals surface area contributed by atoms with Crippen LogP contribution in [0.3, 0.4) is 0 Å². The van der Waals surface area contributed by atoms with Crippen LogP contribution >= 0.6 is 0 Å². The van der Waals surface area contributed by atoms with Gasteiger partial charge < -0.3 is 14.8 Å². The lowest BCUT2D eigenvalue weighted by Gasteiger charge is -2.29. The van der Waals surface area contributed by atoms with E-state index < -0.39 is 6.10 Å². The molecule has 0 bridgehead atoms. The summed E-state index contributed by atoms with van der Waals surface area (Å²) in [5.41, 5.74) is 1.93. The van der Waals surface area contributed by atoms with Gasteiger partial charge in [0.15, 0.2) is 0 Å². The zero-order valence-electron chi connectivity index (χ0n) is 14.1. The topological polar surface area (TPSA) is 47.6 Å². The van der Waals surface area contributed by atoms with E-state index in [9.17, 15) is 4.79 Å². The first-order valence-electron chi connectivity index (χ1n) is 8.48. The first-order chi connectivity index (χ1) is 11.7. The Morgan fingerprint density at radius 1 is 1.12 bits per heavy atom. The summed E-state index contributed by atoms with van der Waals surface area (Å²) in [5, 5.41) is 3.11. The predicted molar refractivity (Wildman–Crippen MR) is 93.3 cm³/mol. The molecule has 2 aromatic carbocycles. The van der Waals surface area contributed by atoms with Gasteiger partial charge in [0.05, 0.1) is 6.04 Å². The minimum absolute atomic E-state index is 0.109. The van der Waals surface area contributed by atoms with Gasteiger partial charge in [-0.25, -0.2) is 0 Å². The Kier molecular flexibility index (Phi) is 5.16. The van der Waals surface area contributed by atoms with Crippen LogP contribution in [0.4, 0.5) is 0 Å². The number of amides is 1. The lowest BCUT2D eigenvalue weighted by molar-refractivity contribution is -0.132. The van der Waals surface area contributed by atoms with Gasteiger partial charge in [-0.2, -0.15) is 0 Å². The molecule has 126 valence electrons. The zero-order valence-corrected chi connectivity index (χ0v) is 14.1. The number of carbonyl (C=O) groups is 1. The van der Waals surface area contributed by atoms with Crippen molar-refractivity contribution in [2.24, 2.45) is 0 Å². The molecule has 1 amide bonds. The van der Waals surface area contributed by atoms with Gasteiger partial charge in [0.1, 0.15) is 17.6 Å². The highest BCUT2D eigenvalue weighted by molar-refractivity contribution is 5.81. The van der Waals surface area contributed by atoms with E-state index in [2.05, 4.69) is 12.2 Å². The Bertz CT molecular complexity index is 668. The summed E-state index contributed by atoms with van der Waals surface area (Å²) in [6.07, 6.45) is 1.54. The summed E-state index contributed by atoms with van der Waals surface area (Å²) in [6, 6.07) is 15.4. The molecule has 1 N–H and O–H groups in total. The second kappa shape index (κ2) is 7.49. The first-order valence-corrected chi connectivity index (χ1v) is 8.48. The Hall–Kier alpha value is -2.33. The molecule has 1 aliphatic rings. The van der Waals surface area contributed by atoms with Crippen molar-refractivity contribution in [2.45, 2.75) is 38.8 Å². The van der Waals surface area contributed by atoms with Crippen LogP contribution in [0.15, 0.2) is 48.5 Å². The summed E-state index contributed by atoms with van der Waals surface area (Å²) in [4.78, 5) is 12.5. The van der Waals surface area contributed by atoms with Gasteiger partial charge in [0.2, 0.25) is 5.91 Å². The Balaban J connectivity index is 1.81. The summed E-state index contributed by atoms with van der Waals surface area (Å²) in [5.74, 6) is 1.45. The van der Waals surface area contributed by atoms with Gasteiger partial charge in [0.25, 0.3) is 0 Å². The molecular formula is C20H23NO3. The second-order valence-electron chi connectivity index (χ2n) is 5.99. The summed E-state index contributed by atoms with van der Waals surface area (Å²) in [6.45, 7) is 4.50. The second-order valence-corrected chi connectivity index (χ2v) is 5.99. The Morgan fingerprint density at radius 2 is 1.71 bits per heavy atom. The Labute approximate surface area is 142 Å². The average molecular weight is 325 g/mol. The van der Waals surface area contributed by atoms with Crippen molar-refractivity contribution in [1.29, 1.82) is 0 Å². The predicted octanol–water partition coefficient (Wildman–Crippen LogP) is 4.20. The molecular weight excluding hydrogens is 302 g/mol. The fraction of sp³-hybridized carbons (Fsp3) is 0.350. The van der Waals surface area contributed by atoms with Crippen LogP contribution in [0.2, 0.25) is 0 Å². The van der Waals surface area contributed by atoms with Gasteiger partial charge in [-0.1, -0.05) is 49.7 Å². The van der Waals surface area contributed by atoms with Crippen molar-refractivity contribution in [2.75, 3.05) is 6.61 Å². The van der Waals surface area contributed by atoms with Gasteiger partial charge in [-0.3, -0.25) is 4.79 Å². The minimum Gasteiger partial charge on any atom is -0.457 e. The number of hydrogen-bond acceptors (Lipinski definition) is 3. The summed E-state index contributed by atoms with van der Waals surface area (Å²) >= 11 is 0. The van der Waals surface area contributed by atoms with Crippen LogP contribution in [0.1, 0.15) is 43.9 Å². The van der Waals surface area contributed by atoms with Crippen LogP contribution in [-0.2, 0) is 9.53 Å². The molecule has 0 saturated heterocycles. The molecule has 1 unspecified atom stereocenters. The van der Waals surface area contributed by atoms with E-state index in [1.165, 1.54) is 0 Å². The van der Waals surface area contributed by atoms with Crippen LogP contribution < -0.4 is 10.1 Å². The van der Waals surface area contributed by atoms with Crippen molar-refractivity contribution in [3.63, 3.8) is 0 Å². The molecule has 0 spiro atoms. The number of hydrogen-bond donors (Lipinski definition) is 1. The molecule has 0 radical (unpaired) electrons. The van der Waals surface area contributed by atoms with Crippen LogP contribution in [0.25, 0.3) is 0 Å². The molecule has 1 aliphatic heterocycles. The summed E-state index contributed by atoms with van der Waals surface area (Å²) < 4.78 is 11.6. The third kappa shape index (κ3) is 3.44. The van der Waals surface area contributed by atoms with Crippen molar-refractivity contribution in [1.82, 2.24) is 5.32 Å². The quantitative estimate of drug-likeness (QED) is 0.810. The summed E-state index contributed by atoms with van der Waals surface area (Å²) in [7, 11) is 0. The molecule has 4 nitrogen and oxygen atoms in total. The van der Waals surface area contributed by atoms with E-state index >= 15 is 0 Å². The van der Waals surface area contributed by atoms with Crippen molar-refractivity contribution in [3.8, 4) is 11.5 Å². The maximum Gasteiger partial charge on any atom is 0.249 e. The maximum absolute atomic E-state index is 12.5. The number of rotatable bonds is 6. The number of ether oxygens (including phenoxy) is 2. The third-order valence-electron chi connectivity index (χ3n) is 4.20. The highest BCUT2D eigenvalue weighted by Gasteiger charge is 2.29. The molecule has 4 heteroatoms. The molecule has 1 heterocycles. The molecule has 3 rings (SSSR count). The van der Waals surface area contributed by atoms with Crippen LogP contribution in [-0.4, -0.2) is 18.6 Å². The van der Waals surface area contributed by atoms with E-state index in [1.54, 1.807) is 6.92 Å². The molecule has 2 aromatic rings. The highest BCUT2D eigenvalue weighted by Crippen LogP contribution is 2.42. The van der Waals surface area contributed by atoms with Gasteiger partial charge in [0, 0.05) is 17.7 Å². The highest BCUT2D eigenvalue weighted by atomic mass is 16.5. The smallest absolute Gasteiger partial charge is 0.249 e. The van der Waals surface area contributed by atoms with E-state index in [-0.39, 0.29) is 11.9 Å². The largest absolute Gasteiger partial charge is 0.457 e. The molecule has 0 aliphatic carbocycles. The van der Waals surface area contributed by atoms with E-state index in [0.29, 0.717) is 6.61 Å². The molecule has 0 aromatic heterocycles. The van der Waals surface area contributed by atoms with Gasteiger partial charge in [-0.05, 0) is 25.5 Å². The van der Waals surface area contributed by atoms with Crippen molar-refractivity contribution < 1.29 is 14.3 Å². The lowest BCUT2D eigenvalue weighted by Crippen LogP contribution is -2.38. The third-order valence-corrected chi connectivity index (χ3v) is 4.20. The van der Waals surface area contributed by atoms with Crippen molar-refractivity contribution in [3.05, 3.63) is 59.7 Å². The average Bonchev–Trinajstić information content (AvgIpc) is 2.61. The maximum atomic E-state index is 12.5. The normalized spacial score (nSPS) is 14.2. The monoisotopic (exact) mass is 325 g/mol. The number of para-hydroxylation sites is 2. The Morgan fingerprint density at radius 3 is 2.29 bits per heavy atom. The minimum atomic E-state index is -0.473. The molecule has 0 saturated carbocycles. The van der Waals surface area contributed by atoms with Crippen molar-refractivity contribution >= 4 is 5.91 Å². The first kappa shape index (κ1) is 16.5. The number of fused-ring (bicyclic) bond motifs is 2. The number of benzene rings is 2. The van der Waals surface area contributed by atoms with Gasteiger partial charge >= 0.3 is 0 Å². The molecule has 1 atom stereocenters. The van der Waals surface area contributed by atoms with E-state index in [4.69, 9.17) is 9.47 Å². The molecule has 0 fully saturated rings.